The largest absolute Gasteiger partial charge is 0.339 e. The highest BCUT2D eigenvalue weighted by molar-refractivity contribution is 5.98. The molecule has 2 aromatic rings. The van der Waals surface area contributed by atoms with Crippen LogP contribution in [0.4, 0.5) is 0 Å². The van der Waals surface area contributed by atoms with E-state index in [0.717, 1.165) is 35.1 Å². The number of hydrogen-bond acceptors (Lipinski definition) is 2. The molecule has 1 heterocycles. The molecule has 124 valence electrons. The fourth-order valence-corrected chi connectivity index (χ4v) is 3.41. The fraction of sp³-hybridized carbons (Fsp3) is 0.333. The minimum Gasteiger partial charge on any atom is -0.339 e. The first-order valence-corrected chi connectivity index (χ1v) is 8.52. The Morgan fingerprint density at radius 2 is 1.62 bits per heavy atom. The second kappa shape index (κ2) is 7.00. The van der Waals surface area contributed by atoms with Crippen LogP contribution in [0.5, 0.6) is 0 Å². The summed E-state index contributed by atoms with van der Waals surface area (Å²) in [6, 6.07) is 15.4. The summed E-state index contributed by atoms with van der Waals surface area (Å²) in [5.41, 5.74) is 3.73. The molecule has 0 bridgehead atoms. The molecule has 1 saturated heterocycles. The number of carbonyl (C=O) groups is 2. The van der Waals surface area contributed by atoms with E-state index in [-0.39, 0.29) is 17.6 Å². The van der Waals surface area contributed by atoms with Gasteiger partial charge in [-0.05, 0) is 38.3 Å². The van der Waals surface area contributed by atoms with Gasteiger partial charge in [0.15, 0.2) is 5.78 Å². The first-order chi connectivity index (χ1) is 11.6. The molecule has 1 aliphatic heterocycles. The van der Waals surface area contributed by atoms with Gasteiger partial charge in [-0.15, -0.1) is 0 Å². The Labute approximate surface area is 143 Å². The predicted molar refractivity (Wildman–Crippen MR) is 95.3 cm³/mol. The molecule has 24 heavy (non-hydrogen) atoms. The van der Waals surface area contributed by atoms with Crippen molar-refractivity contribution in [3.63, 3.8) is 0 Å². The summed E-state index contributed by atoms with van der Waals surface area (Å²) < 4.78 is 0. The summed E-state index contributed by atoms with van der Waals surface area (Å²) in [7, 11) is 0. The molecule has 0 unspecified atom stereocenters. The highest BCUT2D eigenvalue weighted by atomic mass is 16.2. The normalized spacial score (nSPS) is 15.3. The maximum Gasteiger partial charge on any atom is 0.254 e. The van der Waals surface area contributed by atoms with Crippen molar-refractivity contribution in [1.82, 2.24) is 4.90 Å². The summed E-state index contributed by atoms with van der Waals surface area (Å²) in [6.45, 7) is 5.30. The Hall–Kier alpha value is -2.42. The third kappa shape index (κ3) is 3.40. The lowest BCUT2D eigenvalue weighted by Gasteiger charge is -2.31. The minimum atomic E-state index is 0.0237. The van der Waals surface area contributed by atoms with Gasteiger partial charge in [-0.3, -0.25) is 9.59 Å². The second-order valence-electron chi connectivity index (χ2n) is 6.62. The zero-order chi connectivity index (χ0) is 17.1. The minimum absolute atomic E-state index is 0.0237. The lowest BCUT2D eigenvalue weighted by Crippen LogP contribution is -2.40. The van der Waals surface area contributed by atoms with Crippen LogP contribution in [0.3, 0.4) is 0 Å². The van der Waals surface area contributed by atoms with Gasteiger partial charge >= 0.3 is 0 Å². The van der Waals surface area contributed by atoms with Crippen molar-refractivity contribution in [2.24, 2.45) is 5.92 Å². The molecule has 1 amide bonds. The molecule has 1 aliphatic rings. The number of hydrogen-bond donors (Lipinski definition) is 0. The Morgan fingerprint density at radius 3 is 2.25 bits per heavy atom. The van der Waals surface area contributed by atoms with Gasteiger partial charge < -0.3 is 4.90 Å². The van der Waals surface area contributed by atoms with Gasteiger partial charge in [0.2, 0.25) is 0 Å². The Morgan fingerprint density at radius 1 is 0.958 bits per heavy atom. The maximum atomic E-state index is 12.7. The summed E-state index contributed by atoms with van der Waals surface area (Å²) in [5, 5.41) is 0. The second-order valence-corrected chi connectivity index (χ2v) is 6.62. The molecule has 3 rings (SSSR count). The van der Waals surface area contributed by atoms with Crippen molar-refractivity contribution < 1.29 is 9.59 Å². The molecule has 1 fully saturated rings. The topological polar surface area (TPSA) is 37.4 Å². The number of carbonyl (C=O) groups excluding carboxylic acids is 2. The highest BCUT2D eigenvalue weighted by Gasteiger charge is 2.28. The van der Waals surface area contributed by atoms with E-state index in [4.69, 9.17) is 0 Å². The van der Waals surface area contributed by atoms with Crippen LogP contribution in [0.25, 0.3) is 0 Å². The first kappa shape index (κ1) is 16.4. The van der Waals surface area contributed by atoms with Crippen molar-refractivity contribution in [1.29, 1.82) is 0 Å². The molecule has 3 heteroatoms. The molecule has 0 aromatic heterocycles. The van der Waals surface area contributed by atoms with Gasteiger partial charge in [0.05, 0.1) is 0 Å². The lowest BCUT2D eigenvalue weighted by molar-refractivity contribution is 0.0649. The predicted octanol–water partition coefficient (Wildman–Crippen LogP) is 4.04. The van der Waals surface area contributed by atoms with E-state index in [0.29, 0.717) is 13.1 Å². The monoisotopic (exact) mass is 321 g/mol. The number of nitrogens with zero attached hydrogens (tertiary/aromatic N) is 1. The maximum absolute atomic E-state index is 12.7. The molecule has 0 radical (unpaired) electrons. The van der Waals surface area contributed by atoms with Crippen molar-refractivity contribution in [3.05, 3.63) is 70.8 Å². The van der Waals surface area contributed by atoms with Gasteiger partial charge in [0.25, 0.3) is 5.91 Å². The average molecular weight is 321 g/mol. The fourth-order valence-electron chi connectivity index (χ4n) is 3.41. The quantitative estimate of drug-likeness (QED) is 0.800. The Bertz CT molecular complexity index is 744. The molecule has 0 aliphatic carbocycles. The van der Waals surface area contributed by atoms with Gasteiger partial charge in [-0.2, -0.15) is 0 Å². The smallest absolute Gasteiger partial charge is 0.254 e. The van der Waals surface area contributed by atoms with E-state index >= 15 is 0 Å². The van der Waals surface area contributed by atoms with Crippen molar-refractivity contribution in [3.8, 4) is 0 Å². The number of ketones is 1. The van der Waals surface area contributed by atoms with Crippen LogP contribution in [0.15, 0.2) is 48.5 Å². The third-order valence-electron chi connectivity index (χ3n) is 4.82. The van der Waals surface area contributed by atoms with E-state index in [1.165, 1.54) is 0 Å². The zero-order valence-corrected chi connectivity index (χ0v) is 14.3. The molecule has 0 N–H and O–H groups in total. The van der Waals surface area contributed by atoms with E-state index < -0.39 is 0 Å². The van der Waals surface area contributed by atoms with Crippen LogP contribution < -0.4 is 0 Å². The standard InChI is InChI=1S/C21H23NO2/c1-15-8-9-19(16(2)14-15)21(24)22-12-10-18(11-13-22)20(23)17-6-4-3-5-7-17/h3-9,14,18H,10-13H2,1-2H3. The van der Waals surface area contributed by atoms with Crippen LogP contribution in [0.2, 0.25) is 0 Å². The van der Waals surface area contributed by atoms with Gasteiger partial charge in [-0.25, -0.2) is 0 Å². The van der Waals surface area contributed by atoms with E-state index in [9.17, 15) is 9.59 Å². The summed E-state index contributed by atoms with van der Waals surface area (Å²) in [5.74, 6) is 0.308. The number of rotatable bonds is 3. The summed E-state index contributed by atoms with van der Waals surface area (Å²) in [4.78, 5) is 27.1. The SMILES string of the molecule is Cc1ccc(C(=O)N2CCC(C(=O)c3ccccc3)CC2)c(C)c1. The molecule has 0 saturated carbocycles. The average Bonchev–Trinajstić information content (AvgIpc) is 2.61. The van der Waals surface area contributed by atoms with E-state index in [2.05, 4.69) is 0 Å². The van der Waals surface area contributed by atoms with Crippen LogP contribution in [-0.4, -0.2) is 29.7 Å². The van der Waals surface area contributed by atoms with E-state index in [1.807, 2.05) is 67.3 Å². The van der Waals surface area contributed by atoms with Gasteiger partial charge in [0.1, 0.15) is 0 Å². The third-order valence-corrected chi connectivity index (χ3v) is 4.82. The molecule has 3 nitrogen and oxygen atoms in total. The zero-order valence-electron chi connectivity index (χ0n) is 14.3. The van der Waals surface area contributed by atoms with Crippen molar-refractivity contribution in [2.75, 3.05) is 13.1 Å². The molecular weight excluding hydrogens is 298 g/mol. The number of aryl methyl sites for hydroxylation is 2. The Balaban J connectivity index is 1.64. The van der Waals surface area contributed by atoms with Crippen molar-refractivity contribution >= 4 is 11.7 Å². The van der Waals surface area contributed by atoms with Crippen LogP contribution in [0.1, 0.15) is 44.7 Å². The number of amides is 1. The first-order valence-electron chi connectivity index (χ1n) is 8.52. The number of Topliss-reactive ketones (excluding diaryl/α,β-unsaturated/α-hetero) is 1. The molecule has 0 atom stereocenters. The molecule has 0 spiro atoms. The number of piperidine rings is 1. The molecule has 2 aromatic carbocycles. The van der Waals surface area contributed by atoms with Crippen LogP contribution in [-0.2, 0) is 0 Å². The Kier molecular flexibility index (Phi) is 4.79. The highest BCUT2D eigenvalue weighted by Crippen LogP contribution is 2.24. The number of benzene rings is 2. The lowest BCUT2D eigenvalue weighted by atomic mass is 9.88. The van der Waals surface area contributed by atoms with Crippen LogP contribution in [0, 0.1) is 19.8 Å². The summed E-state index contributed by atoms with van der Waals surface area (Å²) in [6.07, 6.45) is 1.48. The molecular formula is C21H23NO2. The van der Waals surface area contributed by atoms with Crippen molar-refractivity contribution in [2.45, 2.75) is 26.7 Å². The summed E-state index contributed by atoms with van der Waals surface area (Å²) >= 11 is 0. The van der Waals surface area contributed by atoms with Gasteiger partial charge in [0, 0.05) is 30.1 Å². The van der Waals surface area contributed by atoms with E-state index in [1.54, 1.807) is 0 Å². The number of likely N-dealkylation sites (tertiary alicyclic amines) is 1. The van der Waals surface area contributed by atoms with Crippen LogP contribution >= 0.6 is 0 Å². The van der Waals surface area contributed by atoms with Gasteiger partial charge in [-0.1, -0.05) is 48.0 Å².